The second kappa shape index (κ2) is 7.03. The summed E-state index contributed by atoms with van der Waals surface area (Å²) in [6.07, 6.45) is 3.69. The van der Waals surface area contributed by atoms with E-state index in [1.807, 2.05) is 12.1 Å². The van der Waals surface area contributed by atoms with Gasteiger partial charge in [0.05, 0.1) is 10.7 Å². The van der Waals surface area contributed by atoms with Gasteiger partial charge in [0.15, 0.2) is 5.84 Å². The molecular formula is C16H24ClN3O. The van der Waals surface area contributed by atoms with E-state index in [0.717, 1.165) is 30.6 Å². The quantitative estimate of drug-likeness (QED) is 0.387. The first kappa shape index (κ1) is 16.0. The number of halogens is 1. The molecule has 1 aliphatic rings. The van der Waals surface area contributed by atoms with E-state index >= 15 is 0 Å². The SMILES string of the molecule is CC(C)C1CCCN(c2ccc(C(N)=NO)cc2Cl)CC1. The topological polar surface area (TPSA) is 61.8 Å². The molecule has 1 aromatic carbocycles. The lowest BCUT2D eigenvalue weighted by Crippen LogP contribution is -2.25. The molecule has 0 spiro atoms. The molecule has 0 aliphatic carbocycles. The van der Waals surface area contributed by atoms with Gasteiger partial charge in [-0.3, -0.25) is 0 Å². The molecule has 1 atom stereocenters. The first-order valence-electron chi connectivity index (χ1n) is 7.55. The monoisotopic (exact) mass is 309 g/mol. The predicted octanol–water partition coefficient (Wildman–Crippen LogP) is 3.70. The van der Waals surface area contributed by atoms with Crippen LogP contribution in [0.4, 0.5) is 5.69 Å². The number of hydrogen-bond donors (Lipinski definition) is 2. The molecule has 1 aliphatic heterocycles. The highest BCUT2D eigenvalue weighted by molar-refractivity contribution is 6.33. The van der Waals surface area contributed by atoms with Gasteiger partial charge in [0.2, 0.25) is 0 Å². The van der Waals surface area contributed by atoms with Crippen molar-refractivity contribution in [2.45, 2.75) is 33.1 Å². The highest BCUT2D eigenvalue weighted by Gasteiger charge is 2.21. The van der Waals surface area contributed by atoms with Crippen LogP contribution >= 0.6 is 11.6 Å². The zero-order valence-corrected chi connectivity index (χ0v) is 13.5. The van der Waals surface area contributed by atoms with Gasteiger partial charge < -0.3 is 15.8 Å². The first-order valence-corrected chi connectivity index (χ1v) is 7.93. The summed E-state index contributed by atoms with van der Waals surface area (Å²) in [5.41, 5.74) is 7.27. The second-order valence-electron chi connectivity index (χ2n) is 6.07. The van der Waals surface area contributed by atoms with Gasteiger partial charge in [-0.25, -0.2) is 0 Å². The van der Waals surface area contributed by atoms with Crippen molar-refractivity contribution in [2.24, 2.45) is 22.7 Å². The number of rotatable bonds is 3. The minimum atomic E-state index is 0.0826. The molecule has 0 amide bonds. The van der Waals surface area contributed by atoms with Crippen LogP contribution in [0.2, 0.25) is 5.02 Å². The van der Waals surface area contributed by atoms with Crippen LogP contribution in [0.1, 0.15) is 38.7 Å². The maximum atomic E-state index is 8.72. The summed E-state index contributed by atoms with van der Waals surface area (Å²) in [7, 11) is 0. The van der Waals surface area contributed by atoms with Gasteiger partial charge in [0.1, 0.15) is 0 Å². The van der Waals surface area contributed by atoms with E-state index in [0.29, 0.717) is 10.6 Å². The van der Waals surface area contributed by atoms with Crippen molar-refractivity contribution in [3.05, 3.63) is 28.8 Å². The Labute approximate surface area is 131 Å². The van der Waals surface area contributed by atoms with Crippen LogP contribution in [0.3, 0.4) is 0 Å². The standard InChI is InChI=1S/C16H24ClN3O/c1-11(2)12-4-3-8-20(9-7-12)15-6-5-13(10-14(15)17)16(18)19-21/h5-6,10-12,21H,3-4,7-9H2,1-2H3,(H2,18,19). The molecule has 1 aromatic rings. The van der Waals surface area contributed by atoms with Gasteiger partial charge >= 0.3 is 0 Å². The fourth-order valence-electron chi connectivity index (χ4n) is 3.01. The summed E-state index contributed by atoms with van der Waals surface area (Å²) >= 11 is 6.38. The first-order chi connectivity index (χ1) is 10.0. The van der Waals surface area contributed by atoms with Crippen LogP contribution in [0, 0.1) is 11.8 Å². The van der Waals surface area contributed by atoms with Crippen molar-refractivity contribution in [3.8, 4) is 0 Å². The maximum absolute atomic E-state index is 8.72. The Kier molecular flexibility index (Phi) is 5.34. The molecule has 116 valence electrons. The minimum absolute atomic E-state index is 0.0826. The van der Waals surface area contributed by atoms with E-state index in [-0.39, 0.29) is 5.84 Å². The average molecular weight is 310 g/mol. The van der Waals surface area contributed by atoms with E-state index in [1.54, 1.807) is 6.07 Å². The van der Waals surface area contributed by atoms with E-state index in [4.69, 9.17) is 22.5 Å². The molecule has 1 saturated heterocycles. The van der Waals surface area contributed by atoms with E-state index in [2.05, 4.69) is 23.9 Å². The third kappa shape index (κ3) is 3.82. The molecule has 2 rings (SSSR count). The average Bonchev–Trinajstić information content (AvgIpc) is 2.72. The fourth-order valence-corrected chi connectivity index (χ4v) is 3.31. The van der Waals surface area contributed by atoms with Gasteiger partial charge in [-0.2, -0.15) is 0 Å². The largest absolute Gasteiger partial charge is 0.409 e. The number of benzene rings is 1. The van der Waals surface area contributed by atoms with Crippen LogP contribution < -0.4 is 10.6 Å². The van der Waals surface area contributed by atoms with Crippen LogP contribution in [-0.4, -0.2) is 24.1 Å². The van der Waals surface area contributed by atoms with Gasteiger partial charge in [-0.15, -0.1) is 0 Å². The van der Waals surface area contributed by atoms with Gasteiger partial charge in [-0.05, 0) is 49.3 Å². The van der Waals surface area contributed by atoms with Crippen LogP contribution in [0.15, 0.2) is 23.4 Å². The highest BCUT2D eigenvalue weighted by atomic mass is 35.5. The Morgan fingerprint density at radius 1 is 1.38 bits per heavy atom. The Morgan fingerprint density at radius 3 is 2.76 bits per heavy atom. The molecule has 1 fully saturated rings. The predicted molar refractivity (Wildman–Crippen MR) is 88.4 cm³/mol. The van der Waals surface area contributed by atoms with E-state index in [9.17, 15) is 0 Å². The molecule has 1 unspecified atom stereocenters. The summed E-state index contributed by atoms with van der Waals surface area (Å²) in [5.74, 6) is 1.62. The molecular weight excluding hydrogens is 286 g/mol. The van der Waals surface area contributed by atoms with Gasteiger partial charge in [0.25, 0.3) is 0 Å². The maximum Gasteiger partial charge on any atom is 0.170 e. The molecule has 3 N–H and O–H groups in total. The van der Waals surface area contributed by atoms with Crippen molar-refractivity contribution in [3.63, 3.8) is 0 Å². The summed E-state index contributed by atoms with van der Waals surface area (Å²) in [4.78, 5) is 2.35. The van der Waals surface area contributed by atoms with Gasteiger partial charge in [-0.1, -0.05) is 30.6 Å². The Bertz CT molecular complexity index is 516. The number of hydrogen-bond acceptors (Lipinski definition) is 3. The smallest absolute Gasteiger partial charge is 0.170 e. The molecule has 0 radical (unpaired) electrons. The number of nitrogens with two attached hydrogens (primary N) is 1. The third-order valence-corrected chi connectivity index (χ3v) is 4.71. The Balaban J connectivity index is 2.15. The zero-order chi connectivity index (χ0) is 15.4. The van der Waals surface area contributed by atoms with Crippen molar-refractivity contribution >= 4 is 23.1 Å². The Morgan fingerprint density at radius 2 is 2.14 bits per heavy atom. The normalized spacial score (nSPS) is 20.7. The molecule has 0 bridgehead atoms. The molecule has 5 heteroatoms. The summed E-state index contributed by atoms with van der Waals surface area (Å²) < 4.78 is 0. The molecule has 0 aromatic heterocycles. The lowest BCUT2D eigenvalue weighted by atomic mass is 9.89. The van der Waals surface area contributed by atoms with E-state index in [1.165, 1.54) is 19.3 Å². The van der Waals surface area contributed by atoms with Crippen molar-refractivity contribution in [1.82, 2.24) is 0 Å². The van der Waals surface area contributed by atoms with Crippen molar-refractivity contribution < 1.29 is 5.21 Å². The molecule has 21 heavy (non-hydrogen) atoms. The van der Waals surface area contributed by atoms with Crippen LogP contribution in [0.5, 0.6) is 0 Å². The third-order valence-electron chi connectivity index (χ3n) is 4.41. The summed E-state index contributed by atoms with van der Waals surface area (Å²) in [6.45, 7) is 6.68. The van der Waals surface area contributed by atoms with Crippen molar-refractivity contribution in [2.75, 3.05) is 18.0 Å². The van der Waals surface area contributed by atoms with Crippen molar-refractivity contribution in [1.29, 1.82) is 0 Å². The van der Waals surface area contributed by atoms with Crippen LogP contribution in [0.25, 0.3) is 0 Å². The number of nitrogens with zero attached hydrogens (tertiary/aromatic N) is 2. The van der Waals surface area contributed by atoms with Gasteiger partial charge in [0, 0.05) is 18.7 Å². The summed E-state index contributed by atoms with van der Waals surface area (Å²) in [5, 5.41) is 12.4. The lowest BCUT2D eigenvalue weighted by Gasteiger charge is -2.25. The molecule has 4 nitrogen and oxygen atoms in total. The summed E-state index contributed by atoms with van der Waals surface area (Å²) in [6, 6.07) is 5.57. The number of amidine groups is 1. The number of oxime groups is 1. The van der Waals surface area contributed by atoms with E-state index < -0.39 is 0 Å². The molecule has 1 heterocycles. The zero-order valence-electron chi connectivity index (χ0n) is 12.7. The lowest BCUT2D eigenvalue weighted by molar-refractivity contribution is 0.318. The second-order valence-corrected chi connectivity index (χ2v) is 6.48. The highest BCUT2D eigenvalue weighted by Crippen LogP contribution is 2.31. The van der Waals surface area contributed by atoms with Crippen LogP contribution in [-0.2, 0) is 0 Å². The molecule has 0 saturated carbocycles. The Hall–Kier alpha value is -1.42. The fraction of sp³-hybridized carbons (Fsp3) is 0.562. The number of anilines is 1. The minimum Gasteiger partial charge on any atom is -0.409 e.